The summed E-state index contributed by atoms with van der Waals surface area (Å²) in [6.45, 7) is 15.1. The molecule has 2 rings (SSSR count). The van der Waals surface area contributed by atoms with Crippen LogP contribution in [0.1, 0.15) is 59.0 Å². The predicted molar refractivity (Wildman–Crippen MR) is 122 cm³/mol. The Morgan fingerprint density at radius 1 is 0.862 bits per heavy atom. The maximum Gasteiger partial charge on any atom is 0.192 e. The zero-order valence-electron chi connectivity index (χ0n) is 18.8. The first-order chi connectivity index (χ1) is 13.4. The highest BCUT2D eigenvalue weighted by atomic mass is 28.4. The minimum atomic E-state index is -2.02. The van der Waals surface area contributed by atoms with E-state index in [9.17, 15) is 9.59 Å². The highest BCUT2D eigenvalue weighted by Gasteiger charge is 2.38. The first kappa shape index (κ1) is 23.2. The van der Waals surface area contributed by atoms with Crippen molar-refractivity contribution in [2.24, 2.45) is 5.92 Å². The van der Waals surface area contributed by atoms with E-state index in [4.69, 9.17) is 4.43 Å². The molecule has 0 spiro atoms. The zero-order valence-corrected chi connectivity index (χ0v) is 19.8. The maximum absolute atomic E-state index is 13.2. The van der Waals surface area contributed by atoms with Gasteiger partial charge >= 0.3 is 0 Å². The van der Waals surface area contributed by atoms with Crippen molar-refractivity contribution in [1.29, 1.82) is 0 Å². The third kappa shape index (κ3) is 6.22. The number of Topliss-reactive ketones (excluding diaryl/α,β-unsaturated/α-hetero) is 2. The molecule has 1 unspecified atom stereocenters. The normalized spacial score (nSPS) is 13.2. The molecular formula is C25H34O3Si. The van der Waals surface area contributed by atoms with E-state index < -0.39 is 14.2 Å². The van der Waals surface area contributed by atoms with Crippen LogP contribution in [0.4, 0.5) is 0 Å². The Morgan fingerprint density at radius 3 is 1.76 bits per heavy atom. The van der Waals surface area contributed by atoms with E-state index in [0.29, 0.717) is 11.1 Å². The molecule has 2 aromatic rings. The lowest BCUT2D eigenvalue weighted by Gasteiger charge is -2.37. The Kier molecular flexibility index (Phi) is 7.36. The van der Waals surface area contributed by atoms with Gasteiger partial charge < -0.3 is 4.43 Å². The highest BCUT2D eigenvalue weighted by Crippen LogP contribution is 2.37. The Hall–Kier alpha value is -2.04. The van der Waals surface area contributed by atoms with Crippen molar-refractivity contribution in [1.82, 2.24) is 0 Å². The number of hydrogen-bond donors (Lipinski definition) is 0. The molecule has 0 N–H and O–H groups in total. The second-order valence-electron chi connectivity index (χ2n) is 9.49. The van der Waals surface area contributed by atoms with Gasteiger partial charge in [-0.05, 0) is 32.0 Å². The summed E-state index contributed by atoms with van der Waals surface area (Å²) in [7, 11) is -2.02. The fourth-order valence-corrected chi connectivity index (χ4v) is 3.84. The predicted octanol–water partition coefficient (Wildman–Crippen LogP) is 6.40. The fourth-order valence-electron chi connectivity index (χ4n) is 2.79. The SMILES string of the molecule is Cc1ccc(C(=O)CC(CO[Si](C)(C)C(C)(C)C)C(=O)c2ccc(C)cc2)cc1. The molecule has 1 atom stereocenters. The van der Waals surface area contributed by atoms with Gasteiger partial charge in [0.1, 0.15) is 0 Å². The van der Waals surface area contributed by atoms with Crippen LogP contribution in [0.25, 0.3) is 0 Å². The van der Waals surface area contributed by atoms with Gasteiger partial charge in [-0.25, -0.2) is 0 Å². The molecule has 0 amide bonds. The van der Waals surface area contributed by atoms with Crippen LogP contribution < -0.4 is 0 Å². The van der Waals surface area contributed by atoms with Crippen LogP contribution in [0.3, 0.4) is 0 Å². The van der Waals surface area contributed by atoms with E-state index in [2.05, 4.69) is 33.9 Å². The molecule has 0 bridgehead atoms. The van der Waals surface area contributed by atoms with Gasteiger partial charge in [-0.3, -0.25) is 9.59 Å². The van der Waals surface area contributed by atoms with Crippen LogP contribution in [0, 0.1) is 19.8 Å². The number of carbonyl (C=O) groups excluding carboxylic acids is 2. The molecule has 0 fully saturated rings. The summed E-state index contributed by atoms with van der Waals surface area (Å²) >= 11 is 0. The maximum atomic E-state index is 13.2. The zero-order chi connectivity index (χ0) is 21.8. The number of ketones is 2. The summed E-state index contributed by atoms with van der Waals surface area (Å²) in [5, 5.41) is 0.0470. The summed E-state index contributed by atoms with van der Waals surface area (Å²) in [4.78, 5) is 26.1. The molecule has 0 aliphatic rings. The van der Waals surface area contributed by atoms with E-state index >= 15 is 0 Å². The number of benzene rings is 2. The van der Waals surface area contributed by atoms with Crippen molar-refractivity contribution >= 4 is 19.9 Å². The molecule has 29 heavy (non-hydrogen) atoms. The largest absolute Gasteiger partial charge is 0.416 e. The second-order valence-corrected chi connectivity index (χ2v) is 14.3. The molecule has 0 heterocycles. The molecule has 0 radical (unpaired) electrons. The first-order valence-electron chi connectivity index (χ1n) is 10.3. The van der Waals surface area contributed by atoms with Gasteiger partial charge in [0.15, 0.2) is 19.9 Å². The average molecular weight is 411 g/mol. The standard InChI is InChI=1S/C25H34O3Si/c1-18-8-12-20(13-9-18)23(26)16-22(17-28-29(6,7)25(3,4)5)24(27)21-14-10-19(2)11-15-21/h8-15,22H,16-17H2,1-7H3. The van der Waals surface area contributed by atoms with Crippen molar-refractivity contribution in [3.63, 3.8) is 0 Å². The van der Waals surface area contributed by atoms with Crippen LogP contribution in [0.2, 0.25) is 18.1 Å². The van der Waals surface area contributed by atoms with Crippen molar-refractivity contribution in [2.45, 2.75) is 59.2 Å². The lowest BCUT2D eigenvalue weighted by atomic mass is 9.91. The van der Waals surface area contributed by atoms with Crippen molar-refractivity contribution in [3.8, 4) is 0 Å². The van der Waals surface area contributed by atoms with Gasteiger partial charge in [0.2, 0.25) is 0 Å². The van der Waals surface area contributed by atoms with E-state index in [1.807, 2.05) is 62.4 Å². The molecule has 0 saturated heterocycles. The van der Waals surface area contributed by atoms with E-state index in [-0.39, 0.29) is 29.6 Å². The smallest absolute Gasteiger partial charge is 0.192 e. The molecule has 0 aromatic heterocycles. The Balaban J connectivity index is 2.24. The molecule has 3 nitrogen and oxygen atoms in total. The summed E-state index contributed by atoms with van der Waals surface area (Å²) in [6, 6.07) is 15.1. The first-order valence-corrected chi connectivity index (χ1v) is 13.2. The molecule has 2 aromatic carbocycles. The van der Waals surface area contributed by atoms with Crippen molar-refractivity contribution in [3.05, 3.63) is 70.8 Å². The monoisotopic (exact) mass is 410 g/mol. The molecule has 156 valence electrons. The van der Waals surface area contributed by atoms with Crippen LogP contribution in [0.5, 0.6) is 0 Å². The van der Waals surface area contributed by atoms with Gasteiger partial charge in [-0.15, -0.1) is 0 Å². The Labute approximate surface area is 176 Å². The highest BCUT2D eigenvalue weighted by molar-refractivity contribution is 6.74. The number of hydrogen-bond acceptors (Lipinski definition) is 3. The van der Waals surface area contributed by atoms with Crippen LogP contribution >= 0.6 is 0 Å². The molecular weight excluding hydrogens is 376 g/mol. The van der Waals surface area contributed by atoms with Crippen LogP contribution in [0.15, 0.2) is 48.5 Å². The number of rotatable bonds is 8. The average Bonchev–Trinajstić information content (AvgIpc) is 2.64. The van der Waals surface area contributed by atoms with Gasteiger partial charge in [-0.2, -0.15) is 0 Å². The van der Waals surface area contributed by atoms with Crippen molar-refractivity contribution in [2.75, 3.05) is 6.61 Å². The summed E-state index contributed by atoms with van der Waals surface area (Å²) in [5.41, 5.74) is 3.49. The third-order valence-electron chi connectivity index (χ3n) is 5.96. The van der Waals surface area contributed by atoms with E-state index in [1.165, 1.54) is 0 Å². The van der Waals surface area contributed by atoms with Gasteiger partial charge in [0, 0.05) is 24.2 Å². The fraction of sp³-hybridized carbons (Fsp3) is 0.440. The molecule has 0 saturated carbocycles. The Morgan fingerprint density at radius 2 is 1.31 bits per heavy atom. The summed E-state index contributed by atoms with van der Waals surface area (Å²) < 4.78 is 6.34. The summed E-state index contributed by atoms with van der Waals surface area (Å²) in [5.74, 6) is -0.529. The van der Waals surface area contributed by atoms with Gasteiger partial charge in [-0.1, -0.05) is 80.4 Å². The second kappa shape index (κ2) is 9.18. The lowest BCUT2D eigenvalue weighted by molar-refractivity contribution is 0.0797. The molecule has 4 heteroatoms. The lowest BCUT2D eigenvalue weighted by Crippen LogP contribution is -2.43. The minimum absolute atomic E-state index is 0.0192. The van der Waals surface area contributed by atoms with E-state index in [0.717, 1.165) is 11.1 Å². The minimum Gasteiger partial charge on any atom is -0.416 e. The molecule has 0 aliphatic carbocycles. The van der Waals surface area contributed by atoms with Gasteiger partial charge in [0.05, 0.1) is 5.92 Å². The van der Waals surface area contributed by atoms with Gasteiger partial charge in [0.25, 0.3) is 0 Å². The topological polar surface area (TPSA) is 43.4 Å². The Bertz CT molecular complexity index is 843. The quantitative estimate of drug-likeness (QED) is 0.374. The summed E-state index contributed by atoms with van der Waals surface area (Å²) in [6.07, 6.45) is 0.157. The van der Waals surface area contributed by atoms with Crippen LogP contribution in [-0.2, 0) is 4.43 Å². The molecule has 0 aliphatic heterocycles. The van der Waals surface area contributed by atoms with Crippen molar-refractivity contribution < 1.29 is 14.0 Å². The number of carbonyl (C=O) groups is 2. The third-order valence-corrected chi connectivity index (χ3v) is 10.5. The van der Waals surface area contributed by atoms with Crippen LogP contribution in [-0.4, -0.2) is 26.5 Å². The number of aryl methyl sites for hydroxylation is 2. The van der Waals surface area contributed by atoms with E-state index in [1.54, 1.807) is 0 Å².